The van der Waals surface area contributed by atoms with Crippen molar-refractivity contribution in [2.75, 3.05) is 11.9 Å². The lowest BCUT2D eigenvalue weighted by Crippen LogP contribution is -2.28. The molecule has 1 fully saturated rings. The van der Waals surface area contributed by atoms with Crippen LogP contribution in [-0.2, 0) is 15.0 Å². The maximum absolute atomic E-state index is 13.1. The lowest BCUT2D eigenvalue weighted by Gasteiger charge is -2.17. The van der Waals surface area contributed by atoms with Crippen LogP contribution in [0.25, 0.3) is 0 Å². The summed E-state index contributed by atoms with van der Waals surface area (Å²) >= 11 is 0. The molecule has 0 radical (unpaired) electrons. The zero-order chi connectivity index (χ0) is 18.0. The van der Waals surface area contributed by atoms with Crippen LogP contribution in [0.2, 0.25) is 0 Å². The highest BCUT2D eigenvalue weighted by Crippen LogP contribution is 2.49. The number of amides is 1. The van der Waals surface area contributed by atoms with Gasteiger partial charge in [0.25, 0.3) is 0 Å². The van der Waals surface area contributed by atoms with Gasteiger partial charge in [0.05, 0.1) is 5.41 Å². The summed E-state index contributed by atoms with van der Waals surface area (Å²) in [4.78, 5) is 23.3. The number of hydrogen-bond donors (Lipinski definition) is 2. The van der Waals surface area contributed by atoms with E-state index >= 15 is 0 Å². The zero-order valence-electron chi connectivity index (χ0n) is 13.7. The van der Waals surface area contributed by atoms with Gasteiger partial charge in [-0.05, 0) is 61.2 Å². The molecule has 3 rings (SSSR count). The highest BCUT2D eigenvalue weighted by atomic mass is 19.1. The summed E-state index contributed by atoms with van der Waals surface area (Å²) in [5.41, 5.74) is 1.62. The molecule has 2 N–H and O–H groups in total. The van der Waals surface area contributed by atoms with Gasteiger partial charge in [-0.3, -0.25) is 4.79 Å². The van der Waals surface area contributed by atoms with E-state index in [-0.39, 0.29) is 11.7 Å². The summed E-state index contributed by atoms with van der Waals surface area (Å²) in [6.45, 7) is 1.39. The number of ether oxygens (including phenoxy) is 1. The number of nitrogens with one attached hydrogen (secondary N) is 1. The van der Waals surface area contributed by atoms with E-state index in [0.717, 1.165) is 24.0 Å². The average Bonchev–Trinajstić information content (AvgIpc) is 3.37. The fourth-order valence-electron chi connectivity index (χ4n) is 2.79. The summed E-state index contributed by atoms with van der Waals surface area (Å²) in [7, 11) is 0. The number of halogens is 1. The summed E-state index contributed by atoms with van der Waals surface area (Å²) in [6.07, 6.45) is 1.45. The minimum absolute atomic E-state index is 0.124. The normalized spacial score (nSPS) is 14.6. The van der Waals surface area contributed by atoms with Crippen molar-refractivity contribution < 1.29 is 23.8 Å². The van der Waals surface area contributed by atoms with Gasteiger partial charge in [-0.2, -0.15) is 0 Å². The standard InChI is InChI=1S/C19H18FNO4/c1-12-10-15(25-11-17(22)23)6-7-16(12)21-18(24)19(8-9-19)13-2-4-14(20)5-3-13/h2-7,10H,8-9,11H2,1H3,(H,21,24)(H,22,23). The first-order valence-electron chi connectivity index (χ1n) is 7.93. The summed E-state index contributed by atoms with van der Waals surface area (Å²) in [5, 5.41) is 11.5. The number of rotatable bonds is 6. The fraction of sp³-hybridized carbons (Fsp3) is 0.263. The number of carbonyl (C=O) groups excluding carboxylic acids is 1. The molecule has 2 aromatic carbocycles. The van der Waals surface area contributed by atoms with Crippen molar-refractivity contribution in [3.63, 3.8) is 0 Å². The predicted molar refractivity (Wildman–Crippen MR) is 90.3 cm³/mol. The topological polar surface area (TPSA) is 75.6 Å². The predicted octanol–water partition coefficient (Wildman–Crippen LogP) is 3.27. The molecule has 0 aromatic heterocycles. The van der Waals surface area contributed by atoms with Gasteiger partial charge in [0.15, 0.2) is 6.61 Å². The quantitative estimate of drug-likeness (QED) is 0.844. The Kier molecular flexibility index (Phi) is 4.44. The van der Waals surface area contributed by atoms with Crippen LogP contribution in [0.1, 0.15) is 24.0 Å². The molecule has 0 unspecified atom stereocenters. The minimum atomic E-state index is -1.05. The van der Waals surface area contributed by atoms with Crippen molar-refractivity contribution >= 4 is 17.6 Å². The second kappa shape index (κ2) is 6.55. The van der Waals surface area contributed by atoms with E-state index in [4.69, 9.17) is 9.84 Å². The molecule has 1 amide bonds. The van der Waals surface area contributed by atoms with E-state index in [1.165, 1.54) is 12.1 Å². The third kappa shape index (κ3) is 3.63. The van der Waals surface area contributed by atoms with E-state index < -0.39 is 18.0 Å². The number of carboxylic acids is 1. The molecule has 0 heterocycles. The first-order valence-corrected chi connectivity index (χ1v) is 7.93. The molecule has 1 saturated carbocycles. The van der Waals surface area contributed by atoms with Crippen LogP contribution in [0, 0.1) is 12.7 Å². The molecular formula is C19H18FNO4. The number of aliphatic carboxylic acids is 1. The molecule has 0 spiro atoms. The molecule has 6 heteroatoms. The van der Waals surface area contributed by atoms with Crippen molar-refractivity contribution in [1.82, 2.24) is 0 Å². The Labute approximate surface area is 144 Å². The number of benzene rings is 2. The fourth-order valence-corrected chi connectivity index (χ4v) is 2.79. The Bertz CT molecular complexity index is 813. The third-order valence-electron chi connectivity index (χ3n) is 4.39. The summed E-state index contributed by atoms with van der Waals surface area (Å²) < 4.78 is 18.2. The molecular weight excluding hydrogens is 325 g/mol. The number of carbonyl (C=O) groups is 2. The van der Waals surface area contributed by atoms with Gasteiger partial charge in [0.2, 0.25) is 5.91 Å². The molecule has 5 nitrogen and oxygen atoms in total. The molecule has 0 saturated heterocycles. The number of hydrogen-bond acceptors (Lipinski definition) is 3. The largest absolute Gasteiger partial charge is 0.482 e. The molecule has 1 aliphatic carbocycles. The van der Waals surface area contributed by atoms with Crippen LogP contribution in [0.3, 0.4) is 0 Å². The maximum atomic E-state index is 13.1. The van der Waals surface area contributed by atoms with Crippen LogP contribution < -0.4 is 10.1 Å². The van der Waals surface area contributed by atoms with Crippen molar-refractivity contribution in [2.24, 2.45) is 0 Å². The van der Waals surface area contributed by atoms with Crippen LogP contribution in [-0.4, -0.2) is 23.6 Å². The van der Waals surface area contributed by atoms with E-state index in [9.17, 15) is 14.0 Å². The molecule has 1 aliphatic rings. The van der Waals surface area contributed by atoms with Gasteiger partial charge >= 0.3 is 5.97 Å². The Balaban J connectivity index is 1.72. The molecule has 0 aliphatic heterocycles. The van der Waals surface area contributed by atoms with E-state index in [2.05, 4.69) is 5.32 Å². The van der Waals surface area contributed by atoms with Crippen molar-refractivity contribution in [3.05, 3.63) is 59.4 Å². The first kappa shape index (κ1) is 17.0. The van der Waals surface area contributed by atoms with Crippen molar-refractivity contribution in [3.8, 4) is 5.75 Å². The van der Waals surface area contributed by atoms with Gasteiger partial charge in [0.1, 0.15) is 11.6 Å². The highest BCUT2D eigenvalue weighted by Gasteiger charge is 2.51. The Morgan fingerprint density at radius 3 is 2.44 bits per heavy atom. The van der Waals surface area contributed by atoms with Gasteiger partial charge in [-0.15, -0.1) is 0 Å². The molecule has 2 aromatic rings. The molecule has 130 valence electrons. The molecule has 0 atom stereocenters. The van der Waals surface area contributed by atoms with E-state index in [1.807, 2.05) is 0 Å². The SMILES string of the molecule is Cc1cc(OCC(=O)O)ccc1NC(=O)C1(c2ccc(F)cc2)CC1. The van der Waals surface area contributed by atoms with Crippen LogP contribution in [0.5, 0.6) is 5.75 Å². The van der Waals surface area contributed by atoms with Crippen LogP contribution in [0.15, 0.2) is 42.5 Å². The summed E-state index contributed by atoms with van der Waals surface area (Å²) in [5.74, 6) is -1.07. The third-order valence-corrected chi connectivity index (χ3v) is 4.39. The average molecular weight is 343 g/mol. The second-order valence-corrected chi connectivity index (χ2v) is 6.20. The number of anilines is 1. The Morgan fingerprint density at radius 1 is 1.20 bits per heavy atom. The molecule has 0 bridgehead atoms. The van der Waals surface area contributed by atoms with Gasteiger partial charge in [-0.1, -0.05) is 12.1 Å². The summed E-state index contributed by atoms with van der Waals surface area (Å²) in [6, 6.07) is 11.0. The van der Waals surface area contributed by atoms with Gasteiger partial charge in [0, 0.05) is 5.69 Å². The first-order chi connectivity index (χ1) is 11.9. The lowest BCUT2D eigenvalue weighted by atomic mass is 9.94. The van der Waals surface area contributed by atoms with E-state index in [1.54, 1.807) is 37.3 Å². The second-order valence-electron chi connectivity index (χ2n) is 6.20. The highest BCUT2D eigenvalue weighted by molar-refractivity contribution is 6.01. The Hall–Kier alpha value is -2.89. The van der Waals surface area contributed by atoms with Crippen LogP contribution in [0.4, 0.5) is 10.1 Å². The molecule has 25 heavy (non-hydrogen) atoms. The smallest absolute Gasteiger partial charge is 0.341 e. The van der Waals surface area contributed by atoms with Crippen LogP contribution >= 0.6 is 0 Å². The van der Waals surface area contributed by atoms with Gasteiger partial charge < -0.3 is 15.2 Å². The zero-order valence-corrected chi connectivity index (χ0v) is 13.7. The number of aryl methyl sites for hydroxylation is 1. The Morgan fingerprint density at radius 2 is 1.88 bits per heavy atom. The van der Waals surface area contributed by atoms with E-state index in [0.29, 0.717) is 11.4 Å². The number of carboxylic acid groups (broad SMARTS) is 1. The monoisotopic (exact) mass is 343 g/mol. The van der Waals surface area contributed by atoms with Gasteiger partial charge in [-0.25, -0.2) is 9.18 Å². The van der Waals surface area contributed by atoms with Crippen molar-refractivity contribution in [2.45, 2.75) is 25.2 Å². The minimum Gasteiger partial charge on any atom is -0.482 e. The lowest BCUT2D eigenvalue weighted by molar-refractivity contribution is -0.139. The maximum Gasteiger partial charge on any atom is 0.341 e. The van der Waals surface area contributed by atoms with Crippen molar-refractivity contribution in [1.29, 1.82) is 0 Å².